The number of carbonyl (C=O) groups is 1. The molecule has 1 unspecified atom stereocenters. The zero-order valence-corrected chi connectivity index (χ0v) is 23.7. The minimum atomic E-state index is -2.10. The van der Waals surface area contributed by atoms with Gasteiger partial charge in [0.25, 0.3) is 5.91 Å². The fourth-order valence-electron chi connectivity index (χ4n) is 6.00. The zero-order valence-electron chi connectivity index (χ0n) is 22.9. The highest BCUT2D eigenvalue weighted by Crippen LogP contribution is 2.51. The molecule has 0 spiro atoms. The van der Waals surface area contributed by atoms with E-state index in [1.807, 2.05) is 6.07 Å². The first-order valence-electron chi connectivity index (χ1n) is 13.6. The number of ether oxygens (including phenoxy) is 2. The van der Waals surface area contributed by atoms with Crippen molar-refractivity contribution in [3.63, 3.8) is 0 Å². The van der Waals surface area contributed by atoms with Crippen LogP contribution < -0.4 is 0 Å². The second-order valence-corrected chi connectivity index (χ2v) is 10.9. The van der Waals surface area contributed by atoms with Crippen LogP contribution in [0.25, 0.3) is 0 Å². The molecular weight excluding hydrogens is 568 g/mol. The minimum absolute atomic E-state index is 0.0653. The first-order chi connectivity index (χ1) is 20.1. The Morgan fingerprint density at radius 1 is 1.21 bits per heavy atom. The summed E-state index contributed by atoms with van der Waals surface area (Å²) in [7, 11) is 0. The van der Waals surface area contributed by atoms with Crippen LogP contribution in [0.2, 0.25) is 5.02 Å². The van der Waals surface area contributed by atoms with Crippen molar-refractivity contribution in [2.75, 3.05) is 26.4 Å². The third kappa shape index (κ3) is 4.85. The summed E-state index contributed by atoms with van der Waals surface area (Å²) in [5, 5.41) is 31.1. The van der Waals surface area contributed by atoms with Gasteiger partial charge in [-0.1, -0.05) is 30.7 Å². The lowest BCUT2D eigenvalue weighted by Gasteiger charge is -2.44. The van der Waals surface area contributed by atoms with Crippen LogP contribution >= 0.6 is 11.6 Å². The molecule has 1 saturated heterocycles. The van der Waals surface area contributed by atoms with Crippen LogP contribution in [-0.2, 0) is 27.3 Å². The van der Waals surface area contributed by atoms with Crippen molar-refractivity contribution >= 4 is 17.5 Å². The van der Waals surface area contributed by atoms with Crippen molar-refractivity contribution in [1.82, 2.24) is 9.88 Å². The van der Waals surface area contributed by atoms with E-state index in [-0.39, 0.29) is 62.3 Å². The van der Waals surface area contributed by atoms with Crippen molar-refractivity contribution in [2.24, 2.45) is 0 Å². The SMILES string of the molecule is CCC(O)(c1cc(F)c2c(c1)C(=O)N(Cc1ccc(C#N)cn1)[C@@]2(OCCO)c1ccc(Cl)cc1)C1(F)CCOCC1. The molecule has 8 nitrogen and oxygen atoms in total. The molecule has 2 aliphatic rings. The van der Waals surface area contributed by atoms with E-state index in [0.717, 1.165) is 6.07 Å². The third-order valence-corrected chi connectivity index (χ3v) is 8.46. The number of halogens is 3. The highest BCUT2D eigenvalue weighted by molar-refractivity contribution is 6.30. The second-order valence-electron chi connectivity index (χ2n) is 10.4. The van der Waals surface area contributed by atoms with Crippen molar-refractivity contribution in [1.29, 1.82) is 5.26 Å². The first kappa shape index (κ1) is 30.0. The zero-order chi connectivity index (χ0) is 30.1. The van der Waals surface area contributed by atoms with E-state index in [1.165, 1.54) is 17.2 Å². The standard InChI is InChI=1S/C31H30ClF2N3O5/c1-2-30(40,29(34)9-12-41-13-10-29)22-15-25-27(26(33)16-22)31(42-14-11-38,21-4-6-23(32)7-5-21)37(28(25)39)19-24-8-3-20(17-35)18-36-24/h3-8,15-16,18,38,40H,2,9-14,19H2,1H3/t30?,31-/m1/s1. The van der Waals surface area contributed by atoms with Gasteiger partial charge in [0.05, 0.1) is 42.1 Å². The van der Waals surface area contributed by atoms with Gasteiger partial charge in [-0.2, -0.15) is 5.26 Å². The highest BCUT2D eigenvalue weighted by atomic mass is 35.5. The van der Waals surface area contributed by atoms with Crippen LogP contribution in [-0.4, -0.2) is 58.1 Å². The number of rotatable bonds is 9. The summed E-state index contributed by atoms with van der Waals surface area (Å²) in [6, 6.07) is 13.8. The molecule has 2 aromatic carbocycles. The number of nitrogens with zero attached hydrogens (tertiary/aromatic N) is 3. The van der Waals surface area contributed by atoms with Crippen LogP contribution in [0.4, 0.5) is 8.78 Å². The fourth-order valence-corrected chi connectivity index (χ4v) is 6.13. The van der Waals surface area contributed by atoms with E-state index in [9.17, 15) is 20.3 Å². The van der Waals surface area contributed by atoms with Gasteiger partial charge in [-0.25, -0.2) is 8.78 Å². The molecule has 3 aromatic rings. The monoisotopic (exact) mass is 597 g/mol. The van der Waals surface area contributed by atoms with Crippen molar-refractivity contribution in [3.8, 4) is 6.07 Å². The number of fused-ring (bicyclic) bond motifs is 1. The molecule has 2 aliphatic heterocycles. The molecule has 1 fully saturated rings. The van der Waals surface area contributed by atoms with E-state index in [4.69, 9.17) is 21.1 Å². The number of alkyl halides is 1. The summed E-state index contributed by atoms with van der Waals surface area (Å²) in [6.45, 7) is 0.958. The van der Waals surface area contributed by atoms with Crippen molar-refractivity contribution in [3.05, 3.63) is 99.1 Å². The predicted octanol–water partition coefficient (Wildman–Crippen LogP) is 4.73. The molecule has 1 aromatic heterocycles. The molecule has 0 bridgehead atoms. The van der Waals surface area contributed by atoms with Crippen LogP contribution in [0.15, 0.2) is 54.7 Å². The largest absolute Gasteiger partial charge is 0.394 e. The van der Waals surface area contributed by atoms with Gasteiger partial charge in [-0.3, -0.25) is 14.7 Å². The van der Waals surface area contributed by atoms with Crippen LogP contribution in [0.5, 0.6) is 0 Å². The molecule has 1 amide bonds. The molecule has 11 heteroatoms. The Hall–Kier alpha value is -3.46. The van der Waals surface area contributed by atoms with E-state index in [1.54, 1.807) is 43.3 Å². The highest BCUT2D eigenvalue weighted by Gasteiger charge is 2.57. The van der Waals surface area contributed by atoms with Gasteiger partial charge >= 0.3 is 0 Å². The van der Waals surface area contributed by atoms with E-state index >= 15 is 8.78 Å². The Balaban J connectivity index is 1.73. The van der Waals surface area contributed by atoms with Gasteiger partial charge in [-0.15, -0.1) is 0 Å². The summed E-state index contributed by atoms with van der Waals surface area (Å²) >= 11 is 6.15. The normalized spacial score (nSPS) is 21.1. The Kier molecular flexibility index (Phi) is 8.34. The molecule has 2 N–H and O–H groups in total. The lowest BCUT2D eigenvalue weighted by Crippen LogP contribution is -2.51. The molecular formula is C31H30ClF2N3O5. The second kappa shape index (κ2) is 11.7. The first-order valence-corrected chi connectivity index (χ1v) is 14.0. The van der Waals surface area contributed by atoms with E-state index in [0.29, 0.717) is 21.8 Å². The maximum atomic E-state index is 16.5. The molecule has 2 atom stereocenters. The summed E-state index contributed by atoms with van der Waals surface area (Å²) in [5.41, 5.74) is -5.33. The predicted molar refractivity (Wildman–Crippen MR) is 149 cm³/mol. The number of carbonyl (C=O) groups excluding carboxylic acids is 1. The smallest absolute Gasteiger partial charge is 0.257 e. The number of aliphatic hydroxyl groups is 2. The minimum Gasteiger partial charge on any atom is -0.394 e. The van der Waals surface area contributed by atoms with Gasteiger partial charge in [0.15, 0.2) is 5.72 Å². The number of hydrogen-bond donors (Lipinski definition) is 2. The number of amides is 1. The molecule has 220 valence electrons. The van der Waals surface area contributed by atoms with Crippen LogP contribution in [0.1, 0.15) is 64.5 Å². The van der Waals surface area contributed by atoms with Crippen LogP contribution in [0.3, 0.4) is 0 Å². The summed E-state index contributed by atoms with van der Waals surface area (Å²) in [6.07, 6.45) is 1.11. The number of nitriles is 1. The number of aromatic nitrogens is 1. The summed E-state index contributed by atoms with van der Waals surface area (Å²) in [4.78, 5) is 19.8. The van der Waals surface area contributed by atoms with E-state index < -0.39 is 35.3 Å². The average molecular weight is 598 g/mol. The van der Waals surface area contributed by atoms with Gasteiger partial charge < -0.3 is 19.7 Å². The topological polar surface area (TPSA) is 116 Å². The quantitative estimate of drug-likeness (QED) is 0.366. The van der Waals surface area contributed by atoms with Crippen molar-refractivity contribution in [2.45, 2.75) is 49.7 Å². The van der Waals surface area contributed by atoms with Gasteiger partial charge in [0.1, 0.15) is 23.2 Å². The summed E-state index contributed by atoms with van der Waals surface area (Å²) < 4.78 is 44.3. The molecule has 5 rings (SSSR count). The summed E-state index contributed by atoms with van der Waals surface area (Å²) in [5.74, 6) is -1.54. The van der Waals surface area contributed by atoms with E-state index in [2.05, 4.69) is 4.98 Å². The maximum absolute atomic E-state index is 16.5. The Morgan fingerprint density at radius 2 is 1.93 bits per heavy atom. The third-order valence-electron chi connectivity index (χ3n) is 8.21. The van der Waals surface area contributed by atoms with Gasteiger partial charge in [-0.05, 0) is 48.4 Å². The number of pyridine rings is 1. The fraction of sp³-hybridized carbons (Fsp3) is 0.387. The number of aliphatic hydroxyl groups excluding tert-OH is 1. The van der Waals surface area contributed by atoms with Crippen molar-refractivity contribution < 1.29 is 33.3 Å². The Bertz CT molecular complexity index is 1510. The maximum Gasteiger partial charge on any atom is 0.257 e. The average Bonchev–Trinajstić information content (AvgIpc) is 3.24. The molecule has 42 heavy (non-hydrogen) atoms. The van der Waals surface area contributed by atoms with Gasteiger partial charge in [0, 0.05) is 42.8 Å². The number of benzene rings is 2. The molecule has 3 heterocycles. The molecule has 0 aliphatic carbocycles. The Morgan fingerprint density at radius 3 is 2.52 bits per heavy atom. The van der Waals surface area contributed by atoms with Gasteiger partial charge in [0.2, 0.25) is 0 Å². The molecule has 0 saturated carbocycles. The van der Waals surface area contributed by atoms with Crippen LogP contribution in [0, 0.1) is 17.1 Å². The molecule has 0 radical (unpaired) electrons. The number of hydrogen-bond acceptors (Lipinski definition) is 7. The lowest BCUT2D eigenvalue weighted by atomic mass is 9.72. The lowest BCUT2D eigenvalue weighted by molar-refractivity contribution is -0.155. The Labute approximate surface area is 247 Å².